The van der Waals surface area contributed by atoms with Crippen molar-refractivity contribution in [2.45, 2.75) is 148 Å². The predicted molar refractivity (Wildman–Crippen MR) is 293 cm³/mol. The summed E-state index contributed by atoms with van der Waals surface area (Å²) in [5.74, 6) is 1.82. The van der Waals surface area contributed by atoms with Crippen molar-refractivity contribution >= 4 is 29.9 Å². The van der Waals surface area contributed by atoms with Gasteiger partial charge in [0.25, 0.3) is 0 Å². The Bertz CT molecular complexity index is 2490. The van der Waals surface area contributed by atoms with Gasteiger partial charge in [-0.2, -0.15) is 0 Å². The maximum Gasteiger partial charge on any atom is 1.00 e. The average Bonchev–Trinajstić information content (AvgIpc) is 4.28. The molecule has 0 spiro atoms. The minimum Gasteiger partial charge on any atom is -0.870 e. The van der Waals surface area contributed by atoms with Gasteiger partial charge in [0.2, 0.25) is 0 Å². The van der Waals surface area contributed by atoms with E-state index in [0.29, 0.717) is 45.7 Å². The number of epoxide rings is 2. The topological polar surface area (TPSA) is 229 Å². The van der Waals surface area contributed by atoms with Crippen LogP contribution in [-0.4, -0.2) is 106 Å². The third-order valence-corrected chi connectivity index (χ3v) is 11.3. The van der Waals surface area contributed by atoms with E-state index >= 15 is 0 Å². The normalized spacial score (nSPS) is 15.9. The number of phenols is 1. The second-order valence-electron chi connectivity index (χ2n) is 21.3. The van der Waals surface area contributed by atoms with Gasteiger partial charge in [0.05, 0.1) is 43.3 Å². The van der Waals surface area contributed by atoms with Crippen LogP contribution in [0.1, 0.15) is 91.6 Å². The number of amides is 3. The molecule has 6 atom stereocenters. The maximum atomic E-state index is 12.1. The van der Waals surface area contributed by atoms with Crippen LogP contribution in [0.5, 0.6) is 17.2 Å². The van der Waals surface area contributed by atoms with Crippen LogP contribution in [0.4, 0.5) is 14.4 Å². The maximum absolute atomic E-state index is 12.1. The molecule has 0 unspecified atom stereocenters. The Morgan fingerprint density at radius 2 is 0.870 bits per heavy atom. The number of nitrogens with one attached hydrogen (secondary N) is 3. The summed E-state index contributed by atoms with van der Waals surface area (Å²) < 4.78 is 38.1. The number of carbonyl (C=O) groups is 3. The minimum atomic E-state index is -0.886. The molecule has 416 valence electrons. The van der Waals surface area contributed by atoms with Crippen molar-refractivity contribution in [3.05, 3.63) is 161 Å². The monoisotopic (exact) mass is 1110 g/mol. The first-order valence-electron chi connectivity index (χ1n) is 25.2. The molecule has 7 rings (SSSR count). The molecule has 0 saturated carbocycles. The number of hydrogen-bond donors (Lipinski definition) is 5. The number of ether oxygens (including phenoxy) is 7. The Morgan fingerprint density at radius 3 is 1.19 bits per heavy atom. The Labute approximate surface area is 503 Å². The van der Waals surface area contributed by atoms with Gasteiger partial charge in [0.15, 0.2) is 0 Å². The molecule has 18 heteroatoms. The number of rotatable bonds is 19. The molecule has 0 aliphatic carbocycles. The predicted octanol–water partition coefficient (Wildman–Crippen LogP) is 7.70. The molecule has 16 nitrogen and oxygen atoms in total. The van der Waals surface area contributed by atoms with Crippen molar-refractivity contribution in [1.29, 1.82) is 0 Å². The first-order valence-corrected chi connectivity index (χ1v) is 25.8. The van der Waals surface area contributed by atoms with Crippen LogP contribution in [-0.2, 0) is 56.2 Å². The van der Waals surface area contributed by atoms with E-state index < -0.39 is 47.2 Å². The Kier molecular flexibility index (Phi) is 27.8. The van der Waals surface area contributed by atoms with Gasteiger partial charge < -0.3 is 64.8 Å². The van der Waals surface area contributed by atoms with Crippen molar-refractivity contribution in [1.82, 2.24) is 16.0 Å². The number of aliphatic hydroxyl groups is 1. The van der Waals surface area contributed by atoms with Crippen molar-refractivity contribution in [3.8, 4) is 17.2 Å². The molecule has 2 fully saturated rings. The van der Waals surface area contributed by atoms with E-state index in [2.05, 4.69) is 16.0 Å². The van der Waals surface area contributed by atoms with E-state index in [1.54, 1.807) is 32.9 Å². The molecule has 2 saturated heterocycles. The summed E-state index contributed by atoms with van der Waals surface area (Å²) in [4.78, 5) is 35.9. The first kappa shape index (κ1) is 66.4. The molecular formula is C59H79ClKN3O13. The number of benzene rings is 5. The zero-order chi connectivity index (χ0) is 54.6. The van der Waals surface area contributed by atoms with Gasteiger partial charge in [-0.05, 0) is 146 Å². The second kappa shape index (κ2) is 32.2. The zero-order valence-corrected chi connectivity index (χ0v) is 50.0. The number of halogens is 1. The Morgan fingerprint density at radius 1 is 0.545 bits per heavy atom. The number of alkyl carbamates (subject to hydrolysis) is 3. The molecule has 6 N–H and O–H groups in total. The molecule has 3 amide bonds. The van der Waals surface area contributed by atoms with E-state index in [0.717, 1.165) is 39.3 Å². The summed E-state index contributed by atoms with van der Waals surface area (Å²) >= 11 is 5.79. The summed E-state index contributed by atoms with van der Waals surface area (Å²) in [5.41, 5.74) is 3.66. The third kappa shape index (κ3) is 28.0. The number of aromatic hydroxyl groups is 1. The molecule has 2 heterocycles. The van der Waals surface area contributed by atoms with Crippen molar-refractivity contribution < 1.29 is 116 Å². The van der Waals surface area contributed by atoms with E-state index in [1.165, 1.54) is 0 Å². The van der Waals surface area contributed by atoms with Gasteiger partial charge in [-0.25, -0.2) is 14.4 Å². The summed E-state index contributed by atoms with van der Waals surface area (Å²) in [6, 6.07) is 41.7. The largest absolute Gasteiger partial charge is 1.00 e. The summed E-state index contributed by atoms with van der Waals surface area (Å²) in [5, 5.41) is 27.9. The minimum absolute atomic E-state index is 0. The third-order valence-electron chi connectivity index (χ3n) is 11.0. The number of alkyl halides is 1. The molecule has 0 radical (unpaired) electrons. The second-order valence-corrected chi connectivity index (χ2v) is 21.6. The number of carbonyl (C=O) groups excluding carboxylic acids is 3. The smallest absolute Gasteiger partial charge is 0.870 e. The van der Waals surface area contributed by atoms with Gasteiger partial charge >= 0.3 is 69.7 Å². The standard InChI is InChI=1S/C22H28ClNO4.C22H27NO4.C15H21NO4.K.H2O.H2/c1-22(2,3)28-21(26)24-19(20(25)14-23)13-16-9-11-18(12-10-16)27-15-17-7-5-4-6-8-17;1-22(2,3)27-21(24)23-19(20-15-26-20)13-16-9-11-18(12-10-16)25-14-17-7-5-4-6-8-17;1-15(2,3)20-14(18)16-12(13-9-19-13)8-10-4-6-11(17)7-5-10;;;/h4-12,19-20,25H,13-15H2,1-3H3,(H,24,26);4-12,19-20H,13-15H2,1-3H3,(H,23,24);4-7,12-13,17H,8-9H2,1-3H3,(H,16,18);;1H2;1H/q;;;+1;;/p-1/t2*19-,20+;12-,13+;;;/m000.../s1. The van der Waals surface area contributed by atoms with Gasteiger partial charge in [0.1, 0.15) is 59.5 Å². The van der Waals surface area contributed by atoms with E-state index in [1.807, 2.05) is 163 Å². The van der Waals surface area contributed by atoms with Gasteiger partial charge in [-0.1, -0.05) is 97.1 Å². The number of aliphatic hydroxyl groups excluding tert-OH is 1. The SMILES string of the molecule is CC(C)(C)OC(=O)N[C@@H](Cc1ccc(O)cc1)[C@H]1CO1.CC(C)(C)OC(=O)N[C@@H](Cc1ccc(OCc2ccccc2)cc1)[C@H](O)CCl.CC(C)(C)OC(=O)N[C@@H](Cc1ccc(OCc2ccccc2)cc1)[C@H]1CO1.[HH].[K+].[OH-]. The van der Waals surface area contributed by atoms with Crippen molar-refractivity contribution in [2.75, 3.05) is 19.1 Å². The summed E-state index contributed by atoms with van der Waals surface area (Å²) in [6.45, 7) is 18.7. The van der Waals surface area contributed by atoms with Crippen LogP contribution in [0, 0.1) is 0 Å². The summed E-state index contributed by atoms with van der Waals surface area (Å²) in [7, 11) is 0. The van der Waals surface area contributed by atoms with E-state index in [-0.39, 0.29) is 94.2 Å². The molecule has 0 bridgehead atoms. The van der Waals surface area contributed by atoms with Gasteiger partial charge in [-0.3, -0.25) is 0 Å². The Balaban J connectivity index is 0.000000398. The molecule has 2 aliphatic rings. The van der Waals surface area contributed by atoms with Crippen LogP contribution in [0.3, 0.4) is 0 Å². The molecule has 77 heavy (non-hydrogen) atoms. The fraction of sp³-hybridized carbons (Fsp3) is 0.441. The average molecular weight is 1110 g/mol. The van der Waals surface area contributed by atoms with E-state index in [4.69, 9.17) is 44.8 Å². The Hall–Kier alpha value is -4.92. The first-order chi connectivity index (χ1) is 35.5. The number of hydrogen-bond acceptors (Lipinski definition) is 13. The van der Waals surface area contributed by atoms with Crippen LogP contribution < -0.4 is 76.8 Å². The van der Waals surface area contributed by atoms with Gasteiger partial charge in [-0.15, -0.1) is 11.6 Å². The van der Waals surface area contributed by atoms with Crippen LogP contribution in [0.2, 0.25) is 0 Å². The number of phenolic OH excluding ortho intramolecular Hbond substituents is 1. The molecule has 5 aromatic carbocycles. The van der Waals surface area contributed by atoms with Crippen LogP contribution in [0.15, 0.2) is 133 Å². The van der Waals surface area contributed by atoms with E-state index in [9.17, 15) is 24.6 Å². The molecule has 5 aromatic rings. The molecule has 2 aliphatic heterocycles. The van der Waals surface area contributed by atoms with Crippen molar-refractivity contribution in [2.24, 2.45) is 0 Å². The zero-order valence-electron chi connectivity index (χ0n) is 46.1. The van der Waals surface area contributed by atoms with Crippen LogP contribution in [0.25, 0.3) is 0 Å². The van der Waals surface area contributed by atoms with Crippen molar-refractivity contribution in [3.63, 3.8) is 0 Å². The molecular weight excluding hydrogens is 1030 g/mol. The molecule has 0 aromatic heterocycles. The fourth-order valence-corrected chi connectivity index (χ4v) is 7.43. The van der Waals surface area contributed by atoms with Crippen LogP contribution >= 0.6 is 11.6 Å². The quantitative estimate of drug-likeness (QED) is 0.0231. The summed E-state index contributed by atoms with van der Waals surface area (Å²) in [6.07, 6.45) is -0.475. The van der Waals surface area contributed by atoms with Gasteiger partial charge in [0, 0.05) is 1.43 Å². The fourth-order valence-electron chi connectivity index (χ4n) is 7.21.